The van der Waals surface area contributed by atoms with Crippen LogP contribution in [0.5, 0.6) is 0 Å². The molecule has 0 spiro atoms. The normalized spacial score (nSPS) is 9.43. The number of non-ortho nitro benzene ring substituents is 1. The summed E-state index contributed by atoms with van der Waals surface area (Å²) in [7, 11) is 0. The molecular weight excluding hydrogens is 200 g/mol. The Bertz CT molecular complexity index is 398. The van der Waals surface area contributed by atoms with Gasteiger partial charge in [-0.05, 0) is 23.7 Å². The van der Waals surface area contributed by atoms with Crippen molar-refractivity contribution in [1.82, 2.24) is 0 Å². The Hall–Kier alpha value is -1.54. The van der Waals surface area contributed by atoms with Gasteiger partial charge in [-0.15, -0.1) is 0 Å². The molecule has 0 N–H and O–H groups in total. The van der Waals surface area contributed by atoms with E-state index in [1.54, 1.807) is 6.07 Å². The van der Waals surface area contributed by atoms with Crippen molar-refractivity contribution in [2.75, 3.05) is 0 Å². The van der Waals surface area contributed by atoms with E-state index in [4.69, 9.17) is 5.26 Å². The van der Waals surface area contributed by atoms with Crippen molar-refractivity contribution < 1.29 is 4.92 Å². The van der Waals surface area contributed by atoms with Gasteiger partial charge in [0.15, 0.2) is 0 Å². The predicted molar refractivity (Wildman–Crippen MR) is 53.9 cm³/mol. The lowest BCUT2D eigenvalue weighted by Gasteiger charge is -2.01. The molecule has 0 aliphatic rings. The van der Waals surface area contributed by atoms with Crippen LogP contribution in [0.15, 0.2) is 23.1 Å². The van der Waals surface area contributed by atoms with Gasteiger partial charge in [0.25, 0.3) is 5.69 Å². The third-order valence-corrected chi connectivity index (χ3v) is 2.49. The number of nitriles is 1. The van der Waals surface area contributed by atoms with E-state index < -0.39 is 4.92 Å². The fourth-order valence-electron chi connectivity index (χ4n) is 1.09. The SMILES string of the molecule is CCc1ccc([N+](=O)[O-])cc1SC#N. The highest BCUT2D eigenvalue weighted by Crippen LogP contribution is 2.26. The lowest BCUT2D eigenvalue weighted by Crippen LogP contribution is -1.91. The number of nitrogens with zero attached hydrogens (tertiary/aromatic N) is 2. The second-order valence-corrected chi connectivity index (χ2v) is 3.42. The van der Waals surface area contributed by atoms with Crippen molar-refractivity contribution in [3.05, 3.63) is 33.9 Å². The number of nitro benzene ring substituents is 1. The summed E-state index contributed by atoms with van der Waals surface area (Å²) in [5.41, 5.74) is 0.988. The van der Waals surface area contributed by atoms with E-state index in [0.29, 0.717) is 4.90 Å². The Balaban J connectivity index is 3.15. The van der Waals surface area contributed by atoms with E-state index in [1.807, 2.05) is 12.3 Å². The topological polar surface area (TPSA) is 66.9 Å². The second-order valence-electron chi connectivity index (χ2n) is 2.60. The van der Waals surface area contributed by atoms with Gasteiger partial charge >= 0.3 is 0 Å². The summed E-state index contributed by atoms with van der Waals surface area (Å²) >= 11 is 0.959. The molecular formula is C9H8N2O2S. The first-order valence-electron chi connectivity index (χ1n) is 4.02. The molecule has 0 bridgehead atoms. The number of thioether (sulfide) groups is 1. The third kappa shape index (κ3) is 2.24. The van der Waals surface area contributed by atoms with Crippen molar-refractivity contribution in [2.24, 2.45) is 0 Å². The number of aryl methyl sites for hydroxylation is 1. The number of benzene rings is 1. The maximum atomic E-state index is 10.5. The molecule has 0 atom stereocenters. The fraction of sp³-hybridized carbons (Fsp3) is 0.222. The molecule has 0 saturated carbocycles. The Labute approximate surface area is 85.7 Å². The van der Waals surface area contributed by atoms with Gasteiger partial charge in [0.1, 0.15) is 5.40 Å². The average molecular weight is 208 g/mol. The molecule has 0 aliphatic carbocycles. The highest BCUT2D eigenvalue weighted by Gasteiger charge is 2.09. The quantitative estimate of drug-likeness (QED) is 0.331. The van der Waals surface area contributed by atoms with E-state index in [9.17, 15) is 10.1 Å². The number of hydrogen-bond acceptors (Lipinski definition) is 4. The number of rotatable bonds is 3. The molecule has 72 valence electrons. The average Bonchev–Trinajstić information content (AvgIpc) is 2.18. The largest absolute Gasteiger partial charge is 0.270 e. The van der Waals surface area contributed by atoms with Crippen LogP contribution >= 0.6 is 11.8 Å². The van der Waals surface area contributed by atoms with Gasteiger partial charge in [-0.25, -0.2) is 0 Å². The maximum Gasteiger partial charge on any atom is 0.270 e. The van der Waals surface area contributed by atoms with Gasteiger partial charge in [0, 0.05) is 17.0 Å². The number of thiocyanates is 1. The molecule has 0 aromatic heterocycles. The van der Waals surface area contributed by atoms with Gasteiger partial charge < -0.3 is 0 Å². The van der Waals surface area contributed by atoms with Crippen molar-refractivity contribution >= 4 is 17.4 Å². The molecule has 0 radical (unpaired) electrons. The lowest BCUT2D eigenvalue weighted by molar-refractivity contribution is -0.385. The molecule has 0 saturated heterocycles. The highest BCUT2D eigenvalue weighted by molar-refractivity contribution is 8.03. The minimum absolute atomic E-state index is 0.0277. The Morgan fingerprint density at radius 3 is 2.86 bits per heavy atom. The highest BCUT2D eigenvalue weighted by atomic mass is 32.2. The van der Waals surface area contributed by atoms with Crippen molar-refractivity contribution in [3.63, 3.8) is 0 Å². The summed E-state index contributed by atoms with van der Waals surface area (Å²) in [5, 5.41) is 20.9. The maximum absolute atomic E-state index is 10.5. The molecule has 0 unspecified atom stereocenters. The fourth-order valence-corrected chi connectivity index (χ4v) is 1.71. The number of hydrogen-bond donors (Lipinski definition) is 0. The van der Waals surface area contributed by atoms with Crippen LogP contribution in [0, 0.1) is 20.8 Å². The molecule has 0 aliphatic heterocycles. The van der Waals surface area contributed by atoms with Crippen LogP contribution in [-0.4, -0.2) is 4.92 Å². The molecule has 0 amide bonds. The van der Waals surface area contributed by atoms with E-state index in [1.165, 1.54) is 12.1 Å². The number of nitro groups is 1. The molecule has 1 rings (SSSR count). The van der Waals surface area contributed by atoms with Gasteiger partial charge in [-0.2, -0.15) is 5.26 Å². The lowest BCUT2D eigenvalue weighted by atomic mass is 10.1. The zero-order valence-corrected chi connectivity index (χ0v) is 8.37. The smallest absolute Gasteiger partial charge is 0.258 e. The first kappa shape index (κ1) is 10.5. The van der Waals surface area contributed by atoms with Gasteiger partial charge in [0.2, 0.25) is 0 Å². The van der Waals surface area contributed by atoms with Crippen LogP contribution in [0.3, 0.4) is 0 Å². The van der Waals surface area contributed by atoms with E-state index in [0.717, 1.165) is 23.7 Å². The molecule has 5 heteroatoms. The molecule has 0 heterocycles. The van der Waals surface area contributed by atoms with Gasteiger partial charge in [0.05, 0.1) is 4.92 Å². The first-order valence-corrected chi connectivity index (χ1v) is 4.84. The van der Waals surface area contributed by atoms with E-state index >= 15 is 0 Å². The van der Waals surface area contributed by atoms with Crippen molar-refractivity contribution in [3.8, 4) is 5.40 Å². The van der Waals surface area contributed by atoms with E-state index in [-0.39, 0.29) is 5.69 Å². The first-order chi connectivity index (χ1) is 6.69. The van der Waals surface area contributed by atoms with Crippen LogP contribution in [0.1, 0.15) is 12.5 Å². The summed E-state index contributed by atoms with van der Waals surface area (Å²) in [5.74, 6) is 0. The minimum Gasteiger partial charge on any atom is -0.258 e. The molecule has 14 heavy (non-hydrogen) atoms. The second kappa shape index (κ2) is 4.63. The van der Waals surface area contributed by atoms with Crippen molar-refractivity contribution in [1.29, 1.82) is 5.26 Å². The summed E-state index contributed by atoms with van der Waals surface area (Å²) < 4.78 is 0. The molecule has 1 aromatic rings. The summed E-state index contributed by atoms with van der Waals surface area (Å²) in [6, 6.07) is 4.59. The minimum atomic E-state index is -0.457. The Morgan fingerprint density at radius 2 is 2.36 bits per heavy atom. The summed E-state index contributed by atoms with van der Waals surface area (Å²) in [6.07, 6.45) is 0.766. The molecule has 4 nitrogen and oxygen atoms in total. The van der Waals surface area contributed by atoms with E-state index in [2.05, 4.69) is 0 Å². The van der Waals surface area contributed by atoms with Crippen molar-refractivity contribution in [2.45, 2.75) is 18.2 Å². The van der Waals surface area contributed by atoms with Crippen LogP contribution in [0.2, 0.25) is 0 Å². The predicted octanol–water partition coefficient (Wildman–Crippen LogP) is 2.73. The zero-order chi connectivity index (χ0) is 10.6. The van der Waals surface area contributed by atoms with Crippen LogP contribution in [0.25, 0.3) is 0 Å². The van der Waals surface area contributed by atoms with Gasteiger partial charge in [-0.3, -0.25) is 10.1 Å². The Morgan fingerprint density at radius 1 is 1.64 bits per heavy atom. The van der Waals surface area contributed by atoms with Crippen LogP contribution in [0.4, 0.5) is 5.69 Å². The van der Waals surface area contributed by atoms with Gasteiger partial charge in [-0.1, -0.05) is 13.0 Å². The zero-order valence-electron chi connectivity index (χ0n) is 7.56. The third-order valence-electron chi connectivity index (χ3n) is 1.80. The van der Waals surface area contributed by atoms with Crippen LogP contribution in [-0.2, 0) is 6.42 Å². The van der Waals surface area contributed by atoms with Crippen LogP contribution < -0.4 is 0 Å². The Kier molecular flexibility index (Phi) is 3.48. The molecule has 1 aromatic carbocycles. The monoisotopic (exact) mass is 208 g/mol. The standard InChI is InChI=1S/C9H8N2O2S/c1-2-7-3-4-8(11(12)13)5-9(7)14-6-10/h3-5H,2H2,1H3. The molecule has 0 fully saturated rings. The summed E-state index contributed by atoms with van der Waals surface area (Å²) in [4.78, 5) is 10.7. The summed E-state index contributed by atoms with van der Waals surface area (Å²) in [6.45, 7) is 1.95.